The Morgan fingerprint density at radius 1 is 1.77 bits per heavy atom. The lowest BCUT2D eigenvalue weighted by Crippen LogP contribution is -2.18. The molecule has 0 fully saturated rings. The van der Waals surface area contributed by atoms with Crippen molar-refractivity contribution in [3.8, 4) is 0 Å². The second-order valence-electron chi connectivity index (χ2n) is 3.21. The van der Waals surface area contributed by atoms with Crippen molar-refractivity contribution in [1.29, 1.82) is 0 Å². The molecular formula is C10H13NO2. The molecule has 0 aliphatic carbocycles. The lowest BCUT2D eigenvalue weighted by atomic mass is 10.2. The molecule has 3 heteroatoms. The Labute approximate surface area is 77.3 Å². The third kappa shape index (κ3) is 1.34. The fourth-order valence-corrected chi connectivity index (χ4v) is 1.84. The summed E-state index contributed by atoms with van der Waals surface area (Å²) in [6.45, 7) is 2.30. The fraction of sp³-hybridized carbons (Fsp3) is 0.500. The molecule has 1 aromatic heterocycles. The Bertz CT molecular complexity index is 316. The van der Waals surface area contributed by atoms with Crippen LogP contribution in [0.3, 0.4) is 0 Å². The second-order valence-corrected chi connectivity index (χ2v) is 3.21. The summed E-state index contributed by atoms with van der Waals surface area (Å²) in [6, 6.07) is 3.95. The Hall–Kier alpha value is -1.25. The Balaban J connectivity index is 2.16. The topological polar surface area (TPSA) is 31.2 Å². The molecule has 1 unspecified atom stereocenters. The summed E-state index contributed by atoms with van der Waals surface area (Å²) in [5, 5.41) is 0. The molecule has 0 bridgehead atoms. The van der Waals surface area contributed by atoms with E-state index in [1.165, 1.54) is 5.69 Å². The maximum absolute atomic E-state index is 11.5. The maximum atomic E-state index is 11.5. The standard InChI is InChI=1S/C10H13NO2/c1-2-13-10(12)9-6-5-8-4-3-7-11(8)9/h3-4,7,9H,2,5-6H2,1H3. The van der Waals surface area contributed by atoms with Gasteiger partial charge < -0.3 is 9.30 Å². The molecule has 1 aliphatic heterocycles. The van der Waals surface area contributed by atoms with Gasteiger partial charge in [0.2, 0.25) is 0 Å². The first-order chi connectivity index (χ1) is 6.33. The van der Waals surface area contributed by atoms with E-state index < -0.39 is 0 Å². The average Bonchev–Trinajstić information content (AvgIpc) is 2.62. The lowest BCUT2D eigenvalue weighted by Gasteiger charge is -2.11. The number of aryl methyl sites for hydroxylation is 1. The summed E-state index contributed by atoms with van der Waals surface area (Å²) >= 11 is 0. The van der Waals surface area contributed by atoms with E-state index in [-0.39, 0.29) is 12.0 Å². The van der Waals surface area contributed by atoms with E-state index in [0.717, 1.165) is 12.8 Å². The van der Waals surface area contributed by atoms with Crippen LogP contribution in [0.2, 0.25) is 0 Å². The van der Waals surface area contributed by atoms with Gasteiger partial charge in [-0.25, -0.2) is 4.79 Å². The highest BCUT2D eigenvalue weighted by molar-refractivity contribution is 5.75. The van der Waals surface area contributed by atoms with E-state index in [0.29, 0.717) is 6.61 Å². The molecule has 0 N–H and O–H groups in total. The van der Waals surface area contributed by atoms with Crippen LogP contribution in [0, 0.1) is 0 Å². The highest BCUT2D eigenvalue weighted by atomic mass is 16.5. The first kappa shape index (κ1) is 8.35. The van der Waals surface area contributed by atoms with Gasteiger partial charge in [-0.05, 0) is 31.9 Å². The van der Waals surface area contributed by atoms with Gasteiger partial charge in [0.1, 0.15) is 6.04 Å². The molecule has 70 valence electrons. The van der Waals surface area contributed by atoms with Gasteiger partial charge in [-0.1, -0.05) is 0 Å². The van der Waals surface area contributed by atoms with Crippen molar-refractivity contribution in [2.24, 2.45) is 0 Å². The van der Waals surface area contributed by atoms with Crippen LogP contribution in [-0.2, 0) is 16.0 Å². The van der Waals surface area contributed by atoms with Crippen LogP contribution in [0.5, 0.6) is 0 Å². The van der Waals surface area contributed by atoms with Crippen molar-refractivity contribution >= 4 is 5.97 Å². The van der Waals surface area contributed by atoms with Crippen LogP contribution in [0.15, 0.2) is 18.3 Å². The number of fused-ring (bicyclic) bond motifs is 1. The van der Waals surface area contributed by atoms with Gasteiger partial charge >= 0.3 is 5.97 Å². The van der Waals surface area contributed by atoms with Crippen molar-refractivity contribution in [2.75, 3.05) is 6.61 Å². The van der Waals surface area contributed by atoms with Crippen LogP contribution in [0.4, 0.5) is 0 Å². The lowest BCUT2D eigenvalue weighted by molar-refractivity contribution is -0.146. The number of nitrogens with zero attached hydrogens (tertiary/aromatic N) is 1. The molecule has 1 aliphatic rings. The minimum Gasteiger partial charge on any atom is -0.464 e. The van der Waals surface area contributed by atoms with Gasteiger partial charge in [0, 0.05) is 11.9 Å². The van der Waals surface area contributed by atoms with E-state index in [4.69, 9.17) is 4.74 Å². The van der Waals surface area contributed by atoms with Crippen LogP contribution < -0.4 is 0 Å². The van der Waals surface area contributed by atoms with Crippen LogP contribution >= 0.6 is 0 Å². The van der Waals surface area contributed by atoms with E-state index in [1.807, 2.05) is 23.8 Å². The number of carbonyl (C=O) groups is 1. The Morgan fingerprint density at radius 2 is 2.62 bits per heavy atom. The summed E-state index contributed by atoms with van der Waals surface area (Å²) in [5.41, 5.74) is 1.23. The van der Waals surface area contributed by atoms with Crippen molar-refractivity contribution < 1.29 is 9.53 Å². The van der Waals surface area contributed by atoms with Crippen molar-refractivity contribution in [2.45, 2.75) is 25.8 Å². The quantitative estimate of drug-likeness (QED) is 0.645. The van der Waals surface area contributed by atoms with Crippen molar-refractivity contribution in [3.63, 3.8) is 0 Å². The largest absolute Gasteiger partial charge is 0.464 e. The molecule has 1 aromatic rings. The molecule has 0 saturated carbocycles. The zero-order valence-corrected chi connectivity index (χ0v) is 7.69. The number of ether oxygens (including phenoxy) is 1. The third-order valence-electron chi connectivity index (χ3n) is 2.44. The normalized spacial score (nSPS) is 19.9. The van der Waals surface area contributed by atoms with Crippen molar-refractivity contribution in [3.05, 3.63) is 24.0 Å². The number of rotatable bonds is 2. The molecule has 0 amide bonds. The smallest absolute Gasteiger partial charge is 0.329 e. The van der Waals surface area contributed by atoms with E-state index in [9.17, 15) is 4.79 Å². The van der Waals surface area contributed by atoms with Gasteiger partial charge in [0.25, 0.3) is 0 Å². The monoisotopic (exact) mass is 179 g/mol. The number of esters is 1. The van der Waals surface area contributed by atoms with Crippen LogP contribution in [-0.4, -0.2) is 17.1 Å². The van der Waals surface area contributed by atoms with Crippen LogP contribution in [0.25, 0.3) is 0 Å². The van der Waals surface area contributed by atoms with Crippen LogP contribution in [0.1, 0.15) is 25.1 Å². The Kier molecular flexibility index (Phi) is 2.08. The molecule has 0 aromatic carbocycles. The summed E-state index contributed by atoms with van der Waals surface area (Å²) in [6.07, 6.45) is 3.81. The molecule has 2 rings (SSSR count). The summed E-state index contributed by atoms with van der Waals surface area (Å²) in [5.74, 6) is -0.0996. The summed E-state index contributed by atoms with van der Waals surface area (Å²) < 4.78 is 7.00. The number of hydrogen-bond acceptors (Lipinski definition) is 2. The van der Waals surface area contributed by atoms with E-state index >= 15 is 0 Å². The van der Waals surface area contributed by atoms with Gasteiger partial charge in [-0.2, -0.15) is 0 Å². The Morgan fingerprint density at radius 3 is 3.38 bits per heavy atom. The molecule has 1 atom stereocenters. The summed E-state index contributed by atoms with van der Waals surface area (Å²) in [7, 11) is 0. The maximum Gasteiger partial charge on any atom is 0.329 e. The molecule has 0 saturated heterocycles. The van der Waals surface area contributed by atoms with E-state index in [1.54, 1.807) is 0 Å². The minimum atomic E-state index is -0.0996. The molecule has 13 heavy (non-hydrogen) atoms. The van der Waals surface area contributed by atoms with Gasteiger partial charge in [0.15, 0.2) is 0 Å². The number of carbonyl (C=O) groups excluding carboxylic acids is 1. The molecular weight excluding hydrogens is 166 g/mol. The minimum absolute atomic E-state index is 0.0788. The first-order valence-electron chi connectivity index (χ1n) is 4.65. The SMILES string of the molecule is CCOC(=O)C1CCc2cccn21. The molecule has 2 heterocycles. The third-order valence-corrected chi connectivity index (χ3v) is 2.44. The molecule has 0 spiro atoms. The molecule has 3 nitrogen and oxygen atoms in total. The summed E-state index contributed by atoms with van der Waals surface area (Å²) in [4.78, 5) is 11.5. The first-order valence-corrected chi connectivity index (χ1v) is 4.65. The highest BCUT2D eigenvalue weighted by Gasteiger charge is 2.27. The second kappa shape index (κ2) is 3.24. The number of aromatic nitrogens is 1. The molecule has 0 radical (unpaired) electrons. The van der Waals surface area contributed by atoms with Crippen molar-refractivity contribution in [1.82, 2.24) is 4.57 Å². The average molecular weight is 179 g/mol. The highest BCUT2D eigenvalue weighted by Crippen LogP contribution is 2.26. The van der Waals surface area contributed by atoms with Gasteiger partial charge in [-0.15, -0.1) is 0 Å². The predicted molar refractivity (Wildman–Crippen MR) is 48.4 cm³/mol. The van der Waals surface area contributed by atoms with Gasteiger partial charge in [0.05, 0.1) is 6.61 Å². The predicted octanol–water partition coefficient (Wildman–Crippen LogP) is 1.54. The zero-order chi connectivity index (χ0) is 9.26. The van der Waals surface area contributed by atoms with Gasteiger partial charge in [-0.3, -0.25) is 0 Å². The zero-order valence-electron chi connectivity index (χ0n) is 7.69. The fourth-order valence-electron chi connectivity index (χ4n) is 1.84. The number of hydrogen-bond donors (Lipinski definition) is 0. The van der Waals surface area contributed by atoms with E-state index in [2.05, 4.69) is 6.07 Å².